The summed E-state index contributed by atoms with van der Waals surface area (Å²) in [4.78, 5) is 23.3. The van der Waals surface area contributed by atoms with Crippen LogP contribution < -0.4 is 0 Å². The summed E-state index contributed by atoms with van der Waals surface area (Å²) < 4.78 is 0. The van der Waals surface area contributed by atoms with Gasteiger partial charge in [-0.2, -0.15) is 0 Å². The van der Waals surface area contributed by atoms with E-state index in [0.717, 1.165) is 44.5 Å². The molecule has 2 heterocycles. The molecule has 0 bridgehead atoms. The molecule has 0 fully saturated rings. The zero-order valence-corrected chi connectivity index (χ0v) is 21.5. The second-order valence-corrected chi connectivity index (χ2v) is 9.42. The van der Waals surface area contributed by atoms with E-state index < -0.39 is 0 Å². The summed E-state index contributed by atoms with van der Waals surface area (Å²) in [5.41, 5.74) is 6.99. The molecule has 0 aliphatic heterocycles. The summed E-state index contributed by atoms with van der Waals surface area (Å²) >= 11 is 0. The molecule has 7 aromatic rings. The fraction of sp³-hybridized carbons (Fsp3) is 0. The summed E-state index contributed by atoms with van der Waals surface area (Å²) in [6, 6.07) is 43.1. The van der Waals surface area contributed by atoms with Gasteiger partial charge in [-0.1, -0.05) is 121 Å². The highest BCUT2D eigenvalue weighted by atomic mass is 15.0. The van der Waals surface area contributed by atoms with Crippen molar-refractivity contribution in [3.8, 4) is 56.5 Å². The minimum absolute atomic E-state index is 0.633. The molecular weight excluding hydrogens is 490 g/mol. The zero-order valence-electron chi connectivity index (χ0n) is 21.5. The predicted octanol–water partition coefficient (Wildman–Crippen LogP) is 8.15. The summed E-state index contributed by atoms with van der Waals surface area (Å²) in [5.74, 6) is 1.93. The lowest BCUT2D eigenvalue weighted by molar-refractivity contribution is 1.07. The van der Waals surface area contributed by atoms with Crippen LogP contribution in [0.15, 0.2) is 140 Å². The first kappa shape index (κ1) is 23.6. The lowest BCUT2D eigenvalue weighted by Crippen LogP contribution is -2.00. The van der Waals surface area contributed by atoms with Gasteiger partial charge < -0.3 is 0 Å². The Morgan fingerprint density at radius 1 is 0.425 bits per heavy atom. The lowest BCUT2D eigenvalue weighted by atomic mass is 9.92. The van der Waals surface area contributed by atoms with E-state index in [1.165, 1.54) is 5.39 Å². The van der Waals surface area contributed by atoms with Crippen molar-refractivity contribution in [2.75, 3.05) is 0 Å². The molecule has 0 saturated carbocycles. The van der Waals surface area contributed by atoms with Gasteiger partial charge in [-0.3, -0.25) is 0 Å². The molecule has 5 heteroatoms. The van der Waals surface area contributed by atoms with E-state index in [9.17, 15) is 0 Å². The topological polar surface area (TPSA) is 64.5 Å². The van der Waals surface area contributed by atoms with E-state index in [-0.39, 0.29) is 0 Å². The van der Waals surface area contributed by atoms with Crippen LogP contribution in [0.25, 0.3) is 67.3 Å². The second-order valence-electron chi connectivity index (χ2n) is 9.42. The van der Waals surface area contributed by atoms with Gasteiger partial charge in [-0.15, -0.1) is 0 Å². The number of hydrogen-bond donors (Lipinski definition) is 0. The number of rotatable bonds is 5. The van der Waals surface area contributed by atoms with Gasteiger partial charge in [-0.05, 0) is 28.0 Å². The maximum atomic E-state index is 4.87. The maximum Gasteiger partial charge on any atom is 0.164 e. The number of nitrogens with zero attached hydrogens (tertiary/aromatic N) is 5. The first-order valence-electron chi connectivity index (χ1n) is 13.1. The van der Waals surface area contributed by atoms with Crippen LogP contribution in [0.3, 0.4) is 0 Å². The van der Waals surface area contributed by atoms with Gasteiger partial charge >= 0.3 is 0 Å². The quantitative estimate of drug-likeness (QED) is 0.232. The third-order valence-electron chi connectivity index (χ3n) is 6.92. The molecule has 5 nitrogen and oxygen atoms in total. The molecule has 0 radical (unpaired) electrons. The molecule has 2 aromatic heterocycles. The van der Waals surface area contributed by atoms with Crippen LogP contribution in [0.1, 0.15) is 0 Å². The van der Waals surface area contributed by atoms with Crippen LogP contribution in [-0.4, -0.2) is 24.9 Å². The van der Waals surface area contributed by atoms with Crippen LogP contribution in [-0.2, 0) is 0 Å². The summed E-state index contributed by atoms with van der Waals surface area (Å²) in [6.45, 7) is 0. The number of benzene rings is 5. The summed E-state index contributed by atoms with van der Waals surface area (Å²) in [7, 11) is 0. The lowest BCUT2D eigenvalue weighted by Gasteiger charge is -2.14. The molecule has 0 N–H and O–H groups in total. The number of aromatic nitrogens is 5. The second kappa shape index (κ2) is 10.3. The molecule has 0 aliphatic rings. The maximum absolute atomic E-state index is 4.87. The van der Waals surface area contributed by atoms with Crippen molar-refractivity contribution >= 4 is 10.8 Å². The number of hydrogen-bond acceptors (Lipinski definition) is 5. The van der Waals surface area contributed by atoms with Crippen LogP contribution in [0.4, 0.5) is 0 Å². The fourth-order valence-electron chi connectivity index (χ4n) is 4.96. The van der Waals surface area contributed by atoms with E-state index in [0.29, 0.717) is 17.5 Å². The Balaban J connectivity index is 1.35. The van der Waals surface area contributed by atoms with E-state index in [4.69, 9.17) is 15.0 Å². The highest BCUT2D eigenvalue weighted by molar-refractivity contribution is 6.03. The van der Waals surface area contributed by atoms with E-state index >= 15 is 0 Å². The molecular formula is C35H23N5. The average molecular weight is 514 g/mol. The minimum atomic E-state index is 0.633. The molecule has 188 valence electrons. The molecule has 0 aliphatic carbocycles. The Hall–Kier alpha value is -5.55. The van der Waals surface area contributed by atoms with E-state index in [2.05, 4.69) is 70.6 Å². The third-order valence-corrected chi connectivity index (χ3v) is 6.92. The predicted molar refractivity (Wildman–Crippen MR) is 160 cm³/mol. The Labute approximate surface area is 231 Å². The van der Waals surface area contributed by atoms with Gasteiger partial charge in [0, 0.05) is 28.5 Å². The first-order valence-corrected chi connectivity index (χ1v) is 13.1. The van der Waals surface area contributed by atoms with Crippen molar-refractivity contribution in [1.82, 2.24) is 24.9 Å². The third kappa shape index (κ3) is 4.50. The SMILES string of the molecule is c1ccc(-c2nc(-c3ccccc3)nc(-c3ccc(-c4ccc5ccccc5c4-c4ccncn4)cc3)n2)cc1. The van der Waals surface area contributed by atoms with Gasteiger partial charge in [0.1, 0.15) is 6.33 Å². The Morgan fingerprint density at radius 3 is 1.57 bits per heavy atom. The summed E-state index contributed by atoms with van der Waals surface area (Å²) in [6.07, 6.45) is 3.38. The molecule has 7 rings (SSSR count). The van der Waals surface area contributed by atoms with E-state index in [1.807, 2.05) is 66.7 Å². The highest BCUT2D eigenvalue weighted by Gasteiger charge is 2.15. The molecule has 0 atom stereocenters. The number of fused-ring (bicyclic) bond motifs is 1. The monoisotopic (exact) mass is 513 g/mol. The molecule has 0 amide bonds. The van der Waals surface area contributed by atoms with E-state index in [1.54, 1.807) is 12.5 Å². The van der Waals surface area contributed by atoms with Crippen molar-refractivity contribution in [1.29, 1.82) is 0 Å². The van der Waals surface area contributed by atoms with Crippen molar-refractivity contribution in [3.05, 3.63) is 140 Å². The van der Waals surface area contributed by atoms with Gasteiger partial charge in [0.25, 0.3) is 0 Å². The fourth-order valence-corrected chi connectivity index (χ4v) is 4.96. The van der Waals surface area contributed by atoms with Crippen LogP contribution in [0, 0.1) is 0 Å². The Kier molecular flexibility index (Phi) is 6.07. The van der Waals surface area contributed by atoms with Gasteiger partial charge in [-0.25, -0.2) is 24.9 Å². The van der Waals surface area contributed by atoms with Crippen molar-refractivity contribution in [2.24, 2.45) is 0 Å². The summed E-state index contributed by atoms with van der Waals surface area (Å²) in [5, 5.41) is 2.32. The molecule has 0 spiro atoms. The first-order chi connectivity index (χ1) is 19.8. The smallest absolute Gasteiger partial charge is 0.164 e. The van der Waals surface area contributed by atoms with Crippen molar-refractivity contribution < 1.29 is 0 Å². The highest BCUT2D eigenvalue weighted by Crippen LogP contribution is 2.37. The normalized spacial score (nSPS) is 11.0. The van der Waals surface area contributed by atoms with Crippen molar-refractivity contribution in [2.45, 2.75) is 0 Å². The molecule has 0 saturated heterocycles. The minimum Gasteiger partial charge on any atom is -0.245 e. The van der Waals surface area contributed by atoms with Gasteiger partial charge in [0.05, 0.1) is 5.69 Å². The van der Waals surface area contributed by atoms with Crippen LogP contribution in [0.5, 0.6) is 0 Å². The van der Waals surface area contributed by atoms with Gasteiger partial charge in [0.15, 0.2) is 17.5 Å². The van der Waals surface area contributed by atoms with Gasteiger partial charge in [0.2, 0.25) is 0 Å². The van der Waals surface area contributed by atoms with Crippen LogP contribution >= 0.6 is 0 Å². The molecule has 40 heavy (non-hydrogen) atoms. The Bertz CT molecular complexity index is 1860. The largest absolute Gasteiger partial charge is 0.245 e. The van der Waals surface area contributed by atoms with Crippen molar-refractivity contribution in [3.63, 3.8) is 0 Å². The standard InChI is InChI=1S/C35H23N5/c1-3-10-26(11-4-1)33-38-34(27-12-5-2-6-13-27)40-35(39-33)28-17-15-25(16-18-28)30-20-19-24-9-7-8-14-29(24)32(30)31-21-22-36-23-37-31/h1-23H. The average Bonchev–Trinajstić information content (AvgIpc) is 3.05. The Morgan fingerprint density at radius 2 is 0.975 bits per heavy atom. The van der Waals surface area contributed by atoms with Crippen LogP contribution in [0.2, 0.25) is 0 Å². The molecule has 5 aromatic carbocycles. The molecule has 0 unspecified atom stereocenters. The zero-order chi connectivity index (χ0) is 26.7.